The summed E-state index contributed by atoms with van der Waals surface area (Å²) in [5.41, 5.74) is 3.56. The average molecular weight is 346 g/mol. The molecular formula is C20H11FN2OS. The minimum atomic E-state index is -0.366. The topological polar surface area (TPSA) is 42.0 Å². The highest BCUT2D eigenvalue weighted by Gasteiger charge is 2.26. The van der Waals surface area contributed by atoms with Gasteiger partial charge in [0.15, 0.2) is 5.13 Å². The highest BCUT2D eigenvalue weighted by atomic mass is 32.1. The second kappa shape index (κ2) is 5.22. The second-order valence-corrected chi connectivity index (χ2v) is 6.87. The van der Waals surface area contributed by atoms with Crippen LogP contribution in [0.4, 0.5) is 9.52 Å². The molecule has 1 aromatic heterocycles. The first-order chi connectivity index (χ1) is 12.2. The number of carbonyl (C=O) groups is 1. The van der Waals surface area contributed by atoms with Crippen molar-refractivity contribution in [1.29, 1.82) is 0 Å². The number of thiazole rings is 1. The maximum Gasteiger partial charge on any atom is 0.257 e. The number of hydrogen-bond donors (Lipinski definition) is 1. The number of carbonyl (C=O) groups excluding carboxylic acids is 1. The van der Waals surface area contributed by atoms with Gasteiger partial charge in [0.1, 0.15) is 5.82 Å². The third-order valence-electron chi connectivity index (χ3n) is 4.36. The molecule has 3 aromatic carbocycles. The number of aromatic nitrogens is 1. The van der Waals surface area contributed by atoms with Crippen LogP contribution < -0.4 is 5.32 Å². The van der Waals surface area contributed by atoms with Gasteiger partial charge in [0, 0.05) is 16.7 Å². The van der Waals surface area contributed by atoms with E-state index in [0.29, 0.717) is 10.7 Å². The summed E-state index contributed by atoms with van der Waals surface area (Å²) < 4.78 is 13.0. The number of hydrogen-bond acceptors (Lipinski definition) is 3. The Kier molecular flexibility index (Phi) is 2.99. The molecule has 0 radical (unpaired) electrons. The van der Waals surface area contributed by atoms with Gasteiger partial charge < -0.3 is 0 Å². The van der Waals surface area contributed by atoms with Crippen molar-refractivity contribution >= 4 is 33.1 Å². The molecule has 1 aliphatic rings. The Morgan fingerprint density at radius 3 is 2.44 bits per heavy atom. The zero-order valence-corrected chi connectivity index (χ0v) is 13.7. The summed E-state index contributed by atoms with van der Waals surface area (Å²) in [6.45, 7) is 0. The van der Waals surface area contributed by atoms with E-state index in [1.54, 1.807) is 0 Å². The molecule has 0 bridgehead atoms. The van der Waals surface area contributed by atoms with Gasteiger partial charge in [0.25, 0.3) is 5.91 Å². The van der Waals surface area contributed by atoms with Crippen LogP contribution in [-0.2, 0) is 0 Å². The molecular weight excluding hydrogens is 335 g/mol. The van der Waals surface area contributed by atoms with E-state index in [1.165, 1.54) is 46.4 Å². The Labute approximate surface area is 146 Å². The van der Waals surface area contributed by atoms with E-state index in [4.69, 9.17) is 0 Å². The summed E-state index contributed by atoms with van der Waals surface area (Å²) in [5, 5.41) is 5.77. The molecule has 0 unspecified atom stereocenters. The Bertz CT molecular complexity index is 1090. The van der Waals surface area contributed by atoms with Crippen LogP contribution in [0.2, 0.25) is 0 Å². The SMILES string of the molecule is O=C(Nc1nc2c(s1)-c1cccc3cccc-2c13)c1ccc(F)cc1. The van der Waals surface area contributed by atoms with E-state index in [-0.39, 0.29) is 11.7 Å². The van der Waals surface area contributed by atoms with Crippen LogP contribution in [-0.4, -0.2) is 10.9 Å². The summed E-state index contributed by atoms with van der Waals surface area (Å²) in [7, 11) is 0. The maximum absolute atomic E-state index is 13.0. The van der Waals surface area contributed by atoms with Gasteiger partial charge in [-0.05, 0) is 35.0 Å². The Balaban J connectivity index is 1.53. The normalized spacial score (nSPS) is 11.6. The van der Waals surface area contributed by atoms with Gasteiger partial charge in [0.05, 0.1) is 10.6 Å². The number of halogens is 1. The molecule has 0 spiro atoms. The predicted molar refractivity (Wildman–Crippen MR) is 98.4 cm³/mol. The first kappa shape index (κ1) is 14.3. The molecule has 25 heavy (non-hydrogen) atoms. The highest BCUT2D eigenvalue weighted by molar-refractivity contribution is 7.20. The van der Waals surface area contributed by atoms with E-state index in [9.17, 15) is 9.18 Å². The fourth-order valence-electron chi connectivity index (χ4n) is 3.24. The lowest BCUT2D eigenvalue weighted by molar-refractivity contribution is 0.102. The van der Waals surface area contributed by atoms with Crippen molar-refractivity contribution in [2.75, 3.05) is 5.32 Å². The molecule has 3 nitrogen and oxygen atoms in total. The van der Waals surface area contributed by atoms with E-state index >= 15 is 0 Å². The quantitative estimate of drug-likeness (QED) is 0.469. The van der Waals surface area contributed by atoms with Crippen LogP contribution in [0.15, 0.2) is 60.7 Å². The molecule has 120 valence electrons. The third kappa shape index (κ3) is 2.16. The summed E-state index contributed by atoms with van der Waals surface area (Å²) >= 11 is 1.46. The number of amides is 1. The van der Waals surface area contributed by atoms with Gasteiger partial charge in [-0.25, -0.2) is 9.37 Å². The fraction of sp³-hybridized carbons (Fsp3) is 0. The lowest BCUT2D eigenvalue weighted by Crippen LogP contribution is -2.11. The standard InChI is InChI=1S/C20H11FN2OS/c21-13-9-7-12(8-10-13)19(24)23-20-22-17-14-5-1-3-11-4-2-6-15(16(11)14)18(17)25-20/h1-10H,(H,22,23,24). The van der Waals surface area contributed by atoms with E-state index in [1.807, 2.05) is 12.1 Å². The lowest BCUT2D eigenvalue weighted by Gasteiger charge is -2.03. The van der Waals surface area contributed by atoms with Crippen molar-refractivity contribution < 1.29 is 9.18 Å². The Hall–Kier alpha value is -3.05. The zero-order valence-electron chi connectivity index (χ0n) is 12.9. The first-order valence-corrected chi connectivity index (χ1v) is 8.62. The van der Waals surface area contributed by atoms with Crippen molar-refractivity contribution in [2.24, 2.45) is 0 Å². The fourth-order valence-corrected chi connectivity index (χ4v) is 4.24. The summed E-state index contributed by atoms with van der Waals surface area (Å²) in [4.78, 5) is 18.0. The van der Waals surface area contributed by atoms with Gasteiger partial charge in [-0.2, -0.15) is 0 Å². The molecule has 0 saturated heterocycles. The molecule has 5 rings (SSSR count). The summed E-state index contributed by atoms with van der Waals surface area (Å²) in [6, 6.07) is 17.8. The molecule has 1 N–H and O–H groups in total. The molecule has 4 aromatic rings. The number of nitrogens with one attached hydrogen (secondary N) is 1. The van der Waals surface area contributed by atoms with Crippen molar-refractivity contribution in [1.82, 2.24) is 4.98 Å². The summed E-state index contributed by atoms with van der Waals surface area (Å²) in [5.74, 6) is -0.659. The second-order valence-electron chi connectivity index (χ2n) is 5.87. The largest absolute Gasteiger partial charge is 0.298 e. The van der Waals surface area contributed by atoms with Gasteiger partial charge in [-0.15, -0.1) is 0 Å². The van der Waals surface area contributed by atoms with Crippen LogP contribution in [0.1, 0.15) is 10.4 Å². The van der Waals surface area contributed by atoms with Gasteiger partial charge >= 0.3 is 0 Å². The summed E-state index contributed by atoms with van der Waals surface area (Å²) in [6.07, 6.45) is 0. The molecule has 0 saturated carbocycles. The molecule has 5 heteroatoms. The van der Waals surface area contributed by atoms with Crippen LogP contribution in [0.5, 0.6) is 0 Å². The minimum absolute atomic E-state index is 0.293. The average Bonchev–Trinajstić information content (AvgIpc) is 3.16. The molecule has 0 fully saturated rings. The Morgan fingerprint density at radius 1 is 0.960 bits per heavy atom. The van der Waals surface area contributed by atoms with E-state index < -0.39 is 0 Å². The highest BCUT2D eigenvalue weighted by Crippen LogP contribution is 2.50. The first-order valence-electron chi connectivity index (χ1n) is 7.81. The van der Waals surface area contributed by atoms with Crippen LogP contribution >= 0.6 is 11.3 Å². The van der Waals surface area contributed by atoms with Crippen molar-refractivity contribution in [3.63, 3.8) is 0 Å². The van der Waals surface area contributed by atoms with Crippen LogP contribution in [0.25, 0.3) is 32.5 Å². The minimum Gasteiger partial charge on any atom is -0.298 e. The van der Waals surface area contributed by atoms with Gasteiger partial charge in [-0.3, -0.25) is 10.1 Å². The van der Waals surface area contributed by atoms with E-state index in [0.717, 1.165) is 21.7 Å². The number of rotatable bonds is 2. The molecule has 0 aliphatic heterocycles. The van der Waals surface area contributed by atoms with Crippen molar-refractivity contribution in [3.8, 4) is 21.7 Å². The smallest absolute Gasteiger partial charge is 0.257 e. The molecule has 1 heterocycles. The number of nitrogens with zero attached hydrogens (tertiary/aromatic N) is 1. The van der Waals surface area contributed by atoms with E-state index in [2.05, 4.69) is 34.6 Å². The third-order valence-corrected chi connectivity index (χ3v) is 5.36. The van der Waals surface area contributed by atoms with Crippen LogP contribution in [0.3, 0.4) is 0 Å². The van der Waals surface area contributed by atoms with Gasteiger partial charge in [-0.1, -0.05) is 47.7 Å². The predicted octanol–water partition coefficient (Wildman–Crippen LogP) is 5.34. The number of anilines is 1. The van der Waals surface area contributed by atoms with Crippen LogP contribution in [0, 0.1) is 5.82 Å². The monoisotopic (exact) mass is 346 g/mol. The Morgan fingerprint density at radius 2 is 1.68 bits per heavy atom. The maximum atomic E-state index is 13.0. The zero-order chi connectivity index (χ0) is 17.0. The van der Waals surface area contributed by atoms with Crippen molar-refractivity contribution in [3.05, 3.63) is 72.0 Å². The van der Waals surface area contributed by atoms with Gasteiger partial charge in [0.2, 0.25) is 0 Å². The number of fused-ring (bicyclic) bond motifs is 3. The molecule has 1 aliphatic carbocycles. The molecule has 0 atom stereocenters. The number of benzene rings is 3. The molecule has 1 amide bonds. The van der Waals surface area contributed by atoms with Crippen molar-refractivity contribution in [2.45, 2.75) is 0 Å². The lowest BCUT2D eigenvalue weighted by atomic mass is 10.0.